The van der Waals surface area contributed by atoms with Crippen molar-refractivity contribution < 1.29 is 4.39 Å². The van der Waals surface area contributed by atoms with Crippen molar-refractivity contribution in [2.24, 2.45) is 0 Å². The fraction of sp³-hybridized carbons (Fsp3) is 0.750. The molecule has 1 radical (unpaired) electrons. The summed E-state index contributed by atoms with van der Waals surface area (Å²) in [7, 11) is 0. The summed E-state index contributed by atoms with van der Waals surface area (Å²) >= 11 is 5.38. The van der Waals surface area contributed by atoms with Crippen LogP contribution in [-0.2, 0) is 0 Å². The highest BCUT2D eigenvalue weighted by Gasteiger charge is 2.27. The molecule has 0 N–H and O–H groups in total. The molecule has 0 heterocycles. The molecular weight excluding hydrogens is 102 g/mol. The third-order valence-corrected chi connectivity index (χ3v) is 1.19. The predicted octanol–water partition coefficient (Wildman–Crippen LogP) is 1.89. The lowest BCUT2D eigenvalue weighted by atomic mass is 9.97. The highest BCUT2D eigenvalue weighted by atomic mass is 35.5. The van der Waals surface area contributed by atoms with Gasteiger partial charge in [-0.15, -0.1) is 11.6 Å². The third-order valence-electron chi connectivity index (χ3n) is 0.886. The average Bonchev–Trinajstić information content (AvgIpc) is 1.33. The van der Waals surface area contributed by atoms with Crippen LogP contribution in [0.3, 0.4) is 0 Å². The van der Waals surface area contributed by atoms with Gasteiger partial charge in [0.1, 0.15) is 6.17 Å². The van der Waals surface area contributed by atoms with Crippen molar-refractivity contribution in [2.45, 2.75) is 18.2 Å². The molecule has 0 saturated heterocycles. The predicted molar refractivity (Wildman–Crippen MR) is 23.2 cm³/mol. The minimum atomic E-state index is 0.0509. The van der Waals surface area contributed by atoms with Crippen LogP contribution in [0, 0.1) is 6.17 Å². The van der Waals surface area contributed by atoms with Gasteiger partial charge in [0, 0.05) is 18.2 Å². The molecule has 35 valence electrons. The van der Waals surface area contributed by atoms with Gasteiger partial charge in [-0.05, 0) is 0 Å². The Labute approximate surface area is 41.3 Å². The number of alkyl halides is 1. The molecule has 1 rings (SSSR count). The summed E-state index contributed by atoms with van der Waals surface area (Å²) in [5, 5.41) is 0.102. The van der Waals surface area contributed by atoms with Crippen LogP contribution >= 0.6 is 11.6 Å². The van der Waals surface area contributed by atoms with E-state index < -0.39 is 0 Å². The van der Waals surface area contributed by atoms with Gasteiger partial charge in [0.25, 0.3) is 0 Å². The zero-order valence-corrected chi connectivity index (χ0v) is 4.00. The van der Waals surface area contributed by atoms with E-state index in [1.54, 1.807) is 0 Å². The molecule has 0 aromatic heterocycles. The van der Waals surface area contributed by atoms with E-state index in [9.17, 15) is 4.39 Å². The molecule has 0 unspecified atom stereocenters. The first-order valence-corrected chi connectivity index (χ1v) is 2.37. The van der Waals surface area contributed by atoms with Gasteiger partial charge in [0.2, 0.25) is 0 Å². The van der Waals surface area contributed by atoms with Gasteiger partial charge >= 0.3 is 0 Å². The fourth-order valence-electron chi connectivity index (χ4n) is 0.421. The Kier molecular flexibility index (Phi) is 1.00. The van der Waals surface area contributed by atoms with E-state index in [4.69, 9.17) is 11.6 Å². The third kappa shape index (κ3) is 0.648. The molecule has 0 nitrogen and oxygen atoms in total. The Hall–Kier alpha value is 0.220. The quantitative estimate of drug-likeness (QED) is 0.415. The van der Waals surface area contributed by atoms with Crippen LogP contribution in [0.4, 0.5) is 4.39 Å². The van der Waals surface area contributed by atoms with E-state index in [1.165, 1.54) is 0 Å². The first-order valence-electron chi connectivity index (χ1n) is 1.93. The summed E-state index contributed by atoms with van der Waals surface area (Å²) in [6.45, 7) is 0. The molecule has 1 fully saturated rings. The Morgan fingerprint density at radius 3 is 2.17 bits per heavy atom. The zero-order valence-electron chi connectivity index (χ0n) is 3.25. The van der Waals surface area contributed by atoms with Crippen LogP contribution in [0.15, 0.2) is 0 Å². The first kappa shape index (κ1) is 4.38. The molecule has 0 aromatic rings. The van der Waals surface area contributed by atoms with Gasteiger partial charge in [-0.2, -0.15) is 0 Å². The molecule has 1 saturated carbocycles. The van der Waals surface area contributed by atoms with Crippen LogP contribution < -0.4 is 0 Å². The lowest BCUT2D eigenvalue weighted by molar-refractivity contribution is 0.344. The Morgan fingerprint density at radius 1 is 1.67 bits per heavy atom. The lowest BCUT2D eigenvalue weighted by Crippen LogP contribution is -2.17. The van der Waals surface area contributed by atoms with E-state index in [0.717, 1.165) is 0 Å². The van der Waals surface area contributed by atoms with Gasteiger partial charge in [0.15, 0.2) is 0 Å². The summed E-state index contributed by atoms with van der Waals surface area (Å²) in [6, 6.07) is 0. The standard InChI is InChI=1S/C4H5ClF/c5-3-1-4(6)2-3/h3H,1-2H2. The Balaban J connectivity index is 2.11. The second kappa shape index (κ2) is 1.38. The number of hydrogen-bond acceptors (Lipinski definition) is 0. The number of rotatable bonds is 0. The van der Waals surface area contributed by atoms with E-state index in [2.05, 4.69) is 0 Å². The lowest BCUT2D eigenvalue weighted by Gasteiger charge is -2.21. The summed E-state index contributed by atoms with van der Waals surface area (Å²) < 4.78 is 11.6. The van der Waals surface area contributed by atoms with Gasteiger partial charge in [-0.3, -0.25) is 0 Å². The van der Waals surface area contributed by atoms with E-state index in [0.29, 0.717) is 12.8 Å². The molecule has 2 heteroatoms. The molecule has 0 aliphatic heterocycles. The van der Waals surface area contributed by atoms with Crippen LogP contribution in [0.2, 0.25) is 0 Å². The first-order chi connectivity index (χ1) is 2.79. The number of halogens is 2. The molecule has 0 amide bonds. The van der Waals surface area contributed by atoms with Gasteiger partial charge in [-0.25, -0.2) is 4.39 Å². The van der Waals surface area contributed by atoms with Crippen molar-refractivity contribution in [3.8, 4) is 0 Å². The molecule has 0 aromatic carbocycles. The average molecular weight is 108 g/mol. The topological polar surface area (TPSA) is 0 Å². The highest BCUT2D eigenvalue weighted by Crippen LogP contribution is 2.34. The van der Waals surface area contributed by atoms with Crippen molar-refractivity contribution in [3.63, 3.8) is 0 Å². The van der Waals surface area contributed by atoms with Crippen LogP contribution in [-0.4, -0.2) is 5.38 Å². The molecule has 0 spiro atoms. The minimum absolute atomic E-state index is 0.0509. The summed E-state index contributed by atoms with van der Waals surface area (Å²) in [5.74, 6) is 0. The zero-order chi connectivity index (χ0) is 4.57. The second-order valence-corrected chi connectivity index (χ2v) is 2.14. The van der Waals surface area contributed by atoms with Crippen LogP contribution in [0.1, 0.15) is 12.8 Å². The van der Waals surface area contributed by atoms with E-state index >= 15 is 0 Å². The molecule has 1 aliphatic carbocycles. The Bertz CT molecular complexity index is 43.5. The molecular formula is C4H5ClF. The highest BCUT2D eigenvalue weighted by molar-refractivity contribution is 6.21. The SMILES string of the molecule is F[C]1CC(Cl)C1. The van der Waals surface area contributed by atoms with Crippen molar-refractivity contribution in [1.29, 1.82) is 0 Å². The van der Waals surface area contributed by atoms with Crippen molar-refractivity contribution >= 4 is 11.6 Å². The van der Waals surface area contributed by atoms with Crippen molar-refractivity contribution in [3.05, 3.63) is 6.17 Å². The number of hydrogen-bond donors (Lipinski definition) is 0. The fourth-order valence-corrected chi connectivity index (χ4v) is 0.756. The maximum atomic E-state index is 11.6. The maximum absolute atomic E-state index is 11.6. The van der Waals surface area contributed by atoms with Crippen molar-refractivity contribution in [2.75, 3.05) is 0 Å². The van der Waals surface area contributed by atoms with Crippen molar-refractivity contribution in [1.82, 2.24) is 0 Å². The summed E-state index contributed by atoms with van der Waals surface area (Å²) in [6.07, 6.45) is 1.03. The van der Waals surface area contributed by atoms with Gasteiger partial charge < -0.3 is 0 Å². The maximum Gasteiger partial charge on any atom is 0.147 e. The summed E-state index contributed by atoms with van der Waals surface area (Å²) in [5.41, 5.74) is 0. The van der Waals surface area contributed by atoms with Crippen LogP contribution in [0.25, 0.3) is 0 Å². The monoisotopic (exact) mass is 107 g/mol. The van der Waals surface area contributed by atoms with E-state index in [1.807, 2.05) is 0 Å². The van der Waals surface area contributed by atoms with Gasteiger partial charge in [0.05, 0.1) is 0 Å². The second-order valence-electron chi connectivity index (χ2n) is 1.52. The largest absolute Gasteiger partial charge is 0.240 e. The minimum Gasteiger partial charge on any atom is -0.240 e. The smallest absolute Gasteiger partial charge is 0.147 e. The molecule has 6 heavy (non-hydrogen) atoms. The summed E-state index contributed by atoms with van der Waals surface area (Å²) in [4.78, 5) is 0. The van der Waals surface area contributed by atoms with Gasteiger partial charge in [-0.1, -0.05) is 0 Å². The van der Waals surface area contributed by atoms with E-state index in [-0.39, 0.29) is 11.5 Å². The Morgan fingerprint density at radius 2 is 2.17 bits per heavy atom. The molecule has 1 aliphatic rings. The van der Waals surface area contributed by atoms with Crippen LogP contribution in [0.5, 0.6) is 0 Å². The molecule has 0 atom stereocenters. The normalized spacial score (nSPS) is 27.0. The molecule has 0 bridgehead atoms.